The molecular formula is C112H115IO10S4. The molecule has 0 spiro atoms. The molecule has 0 radical (unpaired) electrons. The minimum absolute atomic E-state index is 0.0146. The molecule has 0 saturated carbocycles. The van der Waals surface area contributed by atoms with Gasteiger partial charge in [-0.05, 0) is 228 Å². The van der Waals surface area contributed by atoms with E-state index >= 15 is 0 Å². The monoisotopic (exact) mass is 1870 g/mol. The maximum atomic E-state index is 11.6. The Hall–Kier alpha value is -12.1. The molecule has 127 heavy (non-hydrogen) atoms. The number of carboxylic acids is 2. The molecule has 15 aromatic carbocycles. The molecule has 1 N–H and O–H groups in total. The van der Waals surface area contributed by atoms with Gasteiger partial charge in [-0.15, -0.1) is 5.75 Å². The first kappa shape index (κ1) is 104. The first-order chi connectivity index (χ1) is 60.7. The predicted molar refractivity (Wildman–Crippen MR) is 512 cm³/mol. The SMILES string of the molecule is CC(=O)[O-].CC(=O)[O-].CC(C)(C)c1cc([O-])cc(C(C)(C)C)c1.CC(C)(C)c1ccc([I+]c2ccc(C(C)(C)C)cc2)cc1.O=C([O-])O.O=C[O-].c1ccc([S+](c2ccccc2)c2ccccc2)cc1.c1ccc([S+](c2ccccc2)c2ccccc2)cc1.c1ccc([S+](c2ccccc2)c2ccccc2)cc1.c1ccc([S+](c2ccccc2)c2ccccc2)cc1. The number of benzene rings is 15. The first-order valence-electron chi connectivity index (χ1n) is 41.3. The van der Waals surface area contributed by atoms with Crippen LogP contribution in [0, 0.1) is 7.14 Å². The van der Waals surface area contributed by atoms with Crippen molar-refractivity contribution in [2.24, 2.45) is 0 Å². The van der Waals surface area contributed by atoms with Gasteiger partial charge in [0, 0.05) is 18.4 Å². The number of rotatable bonds is 14. The molecule has 0 aliphatic heterocycles. The highest BCUT2D eigenvalue weighted by molar-refractivity contribution is 7.98. The molecule has 10 nitrogen and oxygen atoms in total. The van der Waals surface area contributed by atoms with E-state index in [2.05, 4.69) is 502 Å². The summed E-state index contributed by atoms with van der Waals surface area (Å²) in [4.78, 5) is 50.8. The molecule has 0 fully saturated rings. The van der Waals surface area contributed by atoms with E-state index in [0.29, 0.717) is 0 Å². The van der Waals surface area contributed by atoms with E-state index in [4.69, 9.17) is 44.7 Å². The van der Waals surface area contributed by atoms with Crippen LogP contribution in [0.1, 0.15) is 119 Å². The van der Waals surface area contributed by atoms with E-state index in [1.165, 1.54) is 77.0 Å². The van der Waals surface area contributed by atoms with E-state index in [0.717, 1.165) is 25.0 Å². The zero-order chi connectivity index (χ0) is 92.6. The fourth-order valence-electron chi connectivity index (χ4n) is 11.9. The second-order valence-electron chi connectivity index (χ2n) is 32.2. The normalized spacial score (nSPS) is 10.6. The third kappa shape index (κ3) is 38.7. The van der Waals surface area contributed by atoms with Crippen LogP contribution >= 0.6 is 0 Å². The van der Waals surface area contributed by atoms with Crippen LogP contribution in [-0.4, -0.2) is 29.7 Å². The van der Waals surface area contributed by atoms with Crippen molar-refractivity contribution in [2.45, 2.75) is 177 Å². The molecule has 0 aliphatic rings. The standard InChI is InChI=1S/C20H26I.4C18H15S.C14H22O.2C2H4O2.CH2O3.CH2O2/c1-19(2,3)15-7-11-17(12-8-15)21-18-13-9-16(10-14-18)20(4,5)6;4*1-4-10-16(11-5-1)19(17-12-6-2-7-13-17)18-14-8-3-9-15-18;1-13(2,3)10-7-11(14(4,5)6)9-12(15)8-10;2*1-2(3)4;2-1(3)4;2-1-3/h7-14H,1-6H3;4*1-15H;7-9,15H,1-6H3;2*1H3,(H,3,4);(H2,2,3,4);1H,(H,2,3)/q5*+1;;;;;/p-5. The maximum Gasteiger partial charge on any atom is 0.357 e. The summed E-state index contributed by atoms with van der Waals surface area (Å²) in [7, 11) is -0.0585. The summed E-state index contributed by atoms with van der Waals surface area (Å²) in [6.07, 6.45) is -2.08. The largest absolute Gasteiger partial charge is 0.872 e. The Labute approximate surface area is 775 Å². The van der Waals surface area contributed by atoms with Crippen molar-refractivity contribution in [2.75, 3.05) is 0 Å². The van der Waals surface area contributed by atoms with E-state index in [1.807, 2.05) is 0 Å². The molecule has 0 aromatic heterocycles. The zero-order valence-corrected chi connectivity index (χ0v) is 80.1. The van der Waals surface area contributed by atoms with Crippen LogP contribution in [0.3, 0.4) is 0 Å². The van der Waals surface area contributed by atoms with Crippen LogP contribution in [0.4, 0.5) is 4.79 Å². The van der Waals surface area contributed by atoms with Crippen molar-refractivity contribution in [3.8, 4) is 5.75 Å². The molecule has 0 atom stereocenters. The molecule has 0 saturated heterocycles. The van der Waals surface area contributed by atoms with Gasteiger partial charge < -0.3 is 49.8 Å². The lowest BCUT2D eigenvalue weighted by Crippen LogP contribution is -3.61. The zero-order valence-electron chi connectivity index (χ0n) is 74.7. The molecule has 0 amide bonds. The van der Waals surface area contributed by atoms with Gasteiger partial charge in [0.2, 0.25) is 6.16 Å². The van der Waals surface area contributed by atoms with Gasteiger partial charge in [0.15, 0.2) is 65.9 Å². The Morgan fingerprint density at radius 1 is 0.252 bits per heavy atom. The van der Waals surface area contributed by atoms with Crippen molar-refractivity contribution >= 4 is 68.1 Å². The van der Waals surface area contributed by atoms with Crippen molar-refractivity contribution in [1.29, 1.82) is 0 Å². The quantitative estimate of drug-likeness (QED) is 0.0619. The second kappa shape index (κ2) is 54.7. The first-order valence-corrected chi connectivity index (χ1v) is 48.3. The fourth-order valence-corrected chi connectivity index (χ4v) is 22.5. The highest BCUT2D eigenvalue weighted by atomic mass is 127. The minimum atomic E-state index is -2.08. The lowest BCUT2D eigenvalue weighted by atomic mass is 9.80. The van der Waals surface area contributed by atoms with Gasteiger partial charge in [0.1, 0.15) is 0 Å². The van der Waals surface area contributed by atoms with Crippen molar-refractivity contribution in [3.63, 3.8) is 0 Å². The molecule has 0 aliphatic carbocycles. The Morgan fingerprint density at radius 3 is 0.480 bits per heavy atom. The Balaban J connectivity index is 0.000000228. The van der Waals surface area contributed by atoms with Crippen molar-refractivity contribution < 1.29 is 71.0 Å². The molecule has 15 aromatic rings. The minimum Gasteiger partial charge on any atom is -0.872 e. The van der Waals surface area contributed by atoms with Crippen LogP contribution in [0.15, 0.2) is 489 Å². The Bertz CT molecular complexity index is 4570. The molecule has 0 heterocycles. The van der Waals surface area contributed by atoms with Crippen LogP contribution in [0.2, 0.25) is 0 Å². The van der Waals surface area contributed by atoms with Gasteiger partial charge in [0.25, 0.3) is 0 Å². The van der Waals surface area contributed by atoms with Crippen LogP contribution in [-0.2, 0) is 79.6 Å². The molecule has 0 unspecified atom stereocenters. The highest BCUT2D eigenvalue weighted by Gasteiger charge is 2.32. The number of carbonyl (C=O) groups is 4. The second-order valence-corrected chi connectivity index (χ2v) is 43.3. The summed E-state index contributed by atoms with van der Waals surface area (Å²) in [6, 6.07) is 153. The van der Waals surface area contributed by atoms with Gasteiger partial charge in [-0.1, -0.05) is 344 Å². The van der Waals surface area contributed by atoms with Gasteiger partial charge in [0.05, 0.1) is 43.6 Å². The van der Waals surface area contributed by atoms with Gasteiger partial charge in [-0.25, -0.2) is 0 Å². The summed E-state index contributed by atoms with van der Waals surface area (Å²) in [5.74, 6) is -2.05. The highest BCUT2D eigenvalue weighted by Crippen LogP contribution is 2.36. The summed E-state index contributed by atoms with van der Waals surface area (Å²) in [5, 5.41) is 52.9. The van der Waals surface area contributed by atoms with Gasteiger partial charge in [-0.3, -0.25) is 0 Å². The van der Waals surface area contributed by atoms with Gasteiger partial charge in [-0.2, -0.15) is 0 Å². The number of aliphatic carboxylic acids is 2. The lowest BCUT2D eigenvalue weighted by Gasteiger charge is -2.27. The van der Waals surface area contributed by atoms with Crippen molar-refractivity contribution in [1.82, 2.24) is 0 Å². The third-order valence-electron chi connectivity index (χ3n) is 18.0. The molecule has 0 bridgehead atoms. The van der Waals surface area contributed by atoms with Gasteiger partial charge >= 0.3 is 21.2 Å². The number of carbonyl (C=O) groups excluding carboxylic acids is 3. The topological polar surface area (TPSA) is 204 Å². The molecular weight excluding hydrogens is 1760 g/mol. The number of halogens is 1. The molecule has 15 heteroatoms. The molecule has 15 rings (SSSR count). The maximum absolute atomic E-state index is 11.6. The summed E-state index contributed by atoms with van der Waals surface area (Å²) < 4.78 is 2.98. The van der Waals surface area contributed by atoms with E-state index in [1.54, 1.807) is 12.1 Å². The van der Waals surface area contributed by atoms with Crippen LogP contribution in [0.25, 0.3) is 0 Å². The van der Waals surface area contributed by atoms with E-state index < -0.39 is 24.6 Å². The number of carboxylic acid groups (broad SMARTS) is 5. The summed E-state index contributed by atoms with van der Waals surface area (Å²) in [5.41, 5.74) is 5.65. The Morgan fingerprint density at radius 2 is 0.370 bits per heavy atom. The number of hydrogen-bond donors (Lipinski definition) is 1. The lowest BCUT2D eigenvalue weighted by molar-refractivity contribution is -0.597. The summed E-state index contributed by atoms with van der Waals surface area (Å²) in [6.45, 7) is 27.8. The number of hydrogen-bond acceptors (Lipinski definition) is 9. The predicted octanol–water partition coefficient (Wildman–Crippen LogP) is 19.7. The van der Waals surface area contributed by atoms with Crippen molar-refractivity contribution in [3.05, 3.63) is 460 Å². The molecule has 654 valence electrons. The fraction of sp³-hybridized carbons (Fsp3) is 0.161. The van der Waals surface area contributed by atoms with E-state index in [9.17, 15) is 5.11 Å². The van der Waals surface area contributed by atoms with E-state index in [-0.39, 0.29) is 92.2 Å². The van der Waals surface area contributed by atoms with Crippen LogP contribution < -0.4 is 46.7 Å². The summed E-state index contributed by atoms with van der Waals surface area (Å²) >= 11 is -0.0703. The van der Waals surface area contributed by atoms with Crippen LogP contribution in [0.5, 0.6) is 5.75 Å². The average molecular weight is 1880 g/mol. The average Bonchev–Trinajstić information content (AvgIpc) is 0.843. The third-order valence-corrected chi connectivity index (χ3v) is 29.6. The Kier molecular flexibility index (Phi) is 44.7. The smallest absolute Gasteiger partial charge is 0.357 e.